The molecule has 1 aliphatic heterocycles. The molecule has 0 spiro atoms. The zero-order valence-corrected chi connectivity index (χ0v) is 13.0. The van der Waals surface area contributed by atoms with Crippen molar-refractivity contribution in [2.45, 2.75) is 71.5 Å². The summed E-state index contributed by atoms with van der Waals surface area (Å²) in [6, 6.07) is 0. The van der Waals surface area contributed by atoms with E-state index in [9.17, 15) is 0 Å². The fourth-order valence-corrected chi connectivity index (χ4v) is 4.74. The first kappa shape index (κ1) is 13.9. The Morgan fingerprint density at radius 1 is 1.26 bits per heavy atom. The molecule has 19 heavy (non-hydrogen) atoms. The highest BCUT2D eigenvalue weighted by Gasteiger charge is 2.68. The normalized spacial score (nSPS) is 45.0. The maximum absolute atomic E-state index is 6.35. The minimum absolute atomic E-state index is 0.00253. The lowest BCUT2D eigenvalue weighted by Crippen LogP contribution is -2.65. The summed E-state index contributed by atoms with van der Waals surface area (Å²) >= 11 is 0. The largest absolute Gasteiger partial charge is 0.475 e. The molecular formula is C15H28BNO2. The molecule has 2 bridgehead atoms. The highest BCUT2D eigenvalue weighted by Crippen LogP contribution is 2.65. The molecule has 0 aromatic rings. The van der Waals surface area contributed by atoms with Gasteiger partial charge in [-0.3, -0.25) is 0 Å². The van der Waals surface area contributed by atoms with Gasteiger partial charge in [0.15, 0.2) is 0 Å². The van der Waals surface area contributed by atoms with Gasteiger partial charge in [0.05, 0.1) is 11.7 Å². The number of rotatable bonds is 3. The Bertz CT molecular complexity index is 373. The van der Waals surface area contributed by atoms with Crippen molar-refractivity contribution in [2.24, 2.45) is 28.9 Å². The zero-order chi connectivity index (χ0) is 14.0. The Kier molecular flexibility index (Phi) is 3.09. The van der Waals surface area contributed by atoms with Gasteiger partial charge in [0.2, 0.25) is 0 Å². The van der Waals surface area contributed by atoms with Crippen molar-refractivity contribution < 1.29 is 9.31 Å². The van der Waals surface area contributed by atoms with E-state index in [0.717, 1.165) is 18.8 Å². The molecular weight excluding hydrogens is 237 g/mol. The van der Waals surface area contributed by atoms with Crippen LogP contribution in [0.4, 0.5) is 0 Å². The number of hydrogen-bond acceptors (Lipinski definition) is 3. The average Bonchev–Trinajstić information content (AvgIpc) is 2.64. The summed E-state index contributed by atoms with van der Waals surface area (Å²) in [5.74, 6) is 2.02. The molecule has 3 nitrogen and oxygen atoms in total. The predicted octanol–water partition coefficient (Wildman–Crippen LogP) is 2.63. The van der Waals surface area contributed by atoms with Crippen LogP contribution in [0.25, 0.3) is 0 Å². The summed E-state index contributed by atoms with van der Waals surface area (Å²) < 4.78 is 12.5. The molecule has 4 aliphatic rings. The van der Waals surface area contributed by atoms with E-state index in [4.69, 9.17) is 15.0 Å². The van der Waals surface area contributed by atoms with E-state index in [1.54, 1.807) is 0 Å². The van der Waals surface area contributed by atoms with Crippen LogP contribution in [0.15, 0.2) is 0 Å². The van der Waals surface area contributed by atoms with E-state index in [-0.39, 0.29) is 24.8 Å². The molecule has 2 N–H and O–H groups in total. The summed E-state index contributed by atoms with van der Waals surface area (Å²) in [4.78, 5) is 0. The van der Waals surface area contributed by atoms with Crippen molar-refractivity contribution in [3.63, 3.8) is 0 Å². The monoisotopic (exact) mass is 265 g/mol. The van der Waals surface area contributed by atoms with Gasteiger partial charge in [0.1, 0.15) is 0 Å². The highest BCUT2D eigenvalue weighted by atomic mass is 16.7. The van der Waals surface area contributed by atoms with Crippen LogP contribution in [-0.2, 0) is 9.31 Å². The molecule has 0 amide bonds. The van der Waals surface area contributed by atoms with Crippen molar-refractivity contribution in [3.8, 4) is 0 Å². The molecule has 1 saturated heterocycles. The van der Waals surface area contributed by atoms with Crippen molar-refractivity contribution in [3.05, 3.63) is 0 Å². The van der Waals surface area contributed by atoms with Gasteiger partial charge in [-0.25, -0.2) is 0 Å². The van der Waals surface area contributed by atoms with E-state index < -0.39 is 0 Å². The summed E-state index contributed by atoms with van der Waals surface area (Å²) in [7, 11) is -0.201. The van der Waals surface area contributed by atoms with E-state index in [1.165, 1.54) is 6.42 Å². The zero-order valence-electron chi connectivity index (χ0n) is 13.0. The SMILES string of the molecule is CC(C)C[C@H](N)B1O[C@@H]2C[C@H]3C[C@H](C3(C)C)[C@]2(C)O1. The van der Waals surface area contributed by atoms with Crippen LogP contribution in [0.5, 0.6) is 0 Å². The first-order chi connectivity index (χ1) is 8.75. The van der Waals surface area contributed by atoms with E-state index in [2.05, 4.69) is 34.6 Å². The van der Waals surface area contributed by atoms with Gasteiger partial charge >= 0.3 is 7.12 Å². The molecule has 3 aliphatic carbocycles. The maximum atomic E-state index is 6.35. The summed E-state index contributed by atoms with van der Waals surface area (Å²) in [6.07, 6.45) is 3.67. The fourth-order valence-electron chi connectivity index (χ4n) is 4.74. The topological polar surface area (TPSA) is 44.5 Å². The third kappa shape index (κ3) is 1.90. The molecule has 3 saturated carbocycles. The Morgan fingerprint density at radius 3 is 2.53 bits per heavy atom. The van der Waals surface area contributed by atoms with Gasteiger partial charge in [-0.05, 0) is 49.4 Å². The van der Waals surface area contributed by atoms with Gasteiger partial charge in [-0.1, -0.05) is 27.7 Å². The Morgan fingerprint density at radius 2 is 1.95 bits per heavy atom. The minimum atomic E-state index is -0.201. The molecule has 4 heteroatoms. The molecule has 108 valence electrons. The third-order valence-electron chi connectivity index (χ3n) is 6.06. The van der Waals surface area contributed by atoms with Gasteiger partial charge < -0.3 is 15.0 Å². The first-order valence-electron chi connectivity index (χ1n) is 7.84. The van der Waals surface area contributed by atoms with Gasteiger partial charge in [-0.2, -0.15) is 0 Å². The molecule has 0 radical (unpaired) electrons. The van der Waals surface area contributed by atoms with Crippen LogP contribution in [0, 0.1) is 23.2 Å². The number of nitrogens with two attached hydrogens (primary N) is 1. The molecule has 1 heterocycles. The lowest BCUT2D eigenvalue weighted by molar-refractivity contribution is -0.199. The van der Waals surface area contributed by atoms with Crippen LogP contribution >= 0.6 is 0 Å². The van der Waals surface area contributed by atoms with Crippen LogP contribution < -0.4 is 5.73 Å². The Hall–Kier alpha value is -0.0551. The summed E-state index contributed by atoms with van der Waals surface area (Å²) in [6.45, 7) is 11.4. The predicted molar refractivity (Wildman–Crippen MR) is 77.5 cm³/mol. The lowest BCUT2D eigenvalue weighted by atomic mass is 9.43. The third-order valence-corrected chi connectivity index (χ3v) is 6.06. The summed E-state index contributed by atoms with van der Waals surface area (Å²) in [5, 5.41) is 0. The van der Waals surface area contributed by atoms with Gasteiger partial charge in [0.25, 0.3) is 0 Å². The van der Waals surface area contributed by atoms with E-state index in [1.807, 2.05) is 0 Å². The van der Waals surface area contributed by atoms with Crippen LogP contribution in [0.3, 0.4) is 0 Å². The molecule has 0 unspecified atom stereocenters. The van der Waals surface area contributed by atoms with Crippen molar-refractivity contribution >= 4 is 7.12 Å². The first-order valence-corrected chi connectivity index (χ1v) is 7.84. The molecule has 0 aromatic heterocycles. The number of hydrogen-bond donors (Lipinski definition) is 1. The van der Waals surface area contributed by atoms with Gasteiger partial charge in [0, 0.05) is 5.94 Å². The second kappa shape index (κ2) is 4.22. The van der Waals surface area contributed by atoms with Crippen molar-refractivity contribution in [1.29, 1.82) is 0 Å². The minimum Gasteiger partial charge on any atom is -0.404 e. The van der Waals surface area contributed by atoms with E-state index >= 15 is 0 Å². The summed E-state index contributed by atoms with van der Waals surface area (Å²) in [5.41, 5.74) is 6.56. The molecule has 5 atom stereocenters. The molecule has 0 aromatic carbocycles. The smallest absolute Gasteiger partial charge is 0.404 e. The quantitative estimate of drug-likeness (QED) is 0.798. The second-order valence-electron chi connectivity index (χ2n) is 8.13. The fraction of sp³-hybridized carbons (Fsp3) is 1.00. The Labute approximate surface area is 117 Å². The standard InChI is InChI=1S/C15H28BNO2/c1-9(2)6-13(17)16-18-12-8-10-7-11(14(10,3)4)15(12,5)19-16/h9-13H,6-8,17H2,1-5H3/t10-,11-,12-,13+,15+/m1/s1. The van der Waals surface area contributed by atoms with Crippen LogP contribution in [0.2, 0.25) is 0 Å². The Balaban J connectivity index is 1.74. The van der Waals surface area contributed by atoms with Crippen LogP contribution in [0.1, 0.15) is 53.9 Å². The highest BCUT2D eigenvalue weighted by molar-refractivity contribution is 6.47. The van der Waals surface area contributed by atoms with E-state index in [0.29, 0.717) is 17.3 Å². The lowest BCUT2D eigenvalue weighted by Gasteiger charge is -2.64. The van der Waals surface area contributed by atoms with Gasteiger partial charge in [-0.15, -0.1) is 0 Å². The van der Waals surface area contributed by atoms with Crippen LogP contribution in [-0.4, -0.2) is 24.8 Å². The second-order valence-corrected chi connectivity index (χ2v) is 8.13. The van der Waals surface area contributed by atoms with Crippen molar-refractivity contribution in [2.75, 3.05) is 0 Å². The molecule has 4 rings (SSSR count). The molecule has 4 fully saturated rings. The van der Waals surface area contributed by atoms with Crippen molar-refractivity contribution in [1.82, 2.24) is 0 Å². The maximum Gasteiger partial charge on any atom is 0.475 e. The average molecular weight is 265 g/mol.